The molecule has 16 heavy (non-hydrogen) atoms. The van der Waals surface area contributed by atoms with Gasteiger partial charge in [0.05, 0.1) is 0 Å². The predicted molar refractivity (Wildman–Crippen MR) is 62.7 cm³/mol. The van der Waals surface area contributed by atoms with Crippen LogP contribution in [0.1, 0.15) is 0 Å². The third-order valence-electron chi connectivity index (χ3n) is 1.97. The Hall–Kier alpha value is -1.18. The van der Waals surface area contributed by atoms with Crippen LogP contribution in [0.15, 0.2) is 23.2 Å². The second-order valence-corrected chi connectivity index (χ2v) is 5.53. The number of hydrogen-bond donors (Lipinski definition) is 2. The van der Waals surface area contributed by atoms with Crippen molar-refractivity contribution in [3.05, 3.63) is 18.3 Å². The Bertz CT molecular complexity index is 427. The van der Waals surface area contributed by atoms with Gasteiger partial charge in [-0.1, -0.05) is 0 Å². The van der Waals surface area contributed by atoms with Gasteiger partial charge in [0.25, 0.3) is 0 Å². The van der Waals surface area contributed by atoms with Gasteiger partial charge in [0, 0.05) is 33.4 Å². The molecule has 0 aromatic carbocycles. The van der Waals surface area contributed by atoms with Gasteiger partial charge in [-0.3, -0.25) is 0 Å². The molecule has 0 aliphatic heterocycles. The van der Waals surface area contributed by atoms with E-state index in [1.54, 1.807) is 6.07 Å². The third kappa shape index (κ3) is 2.91. The lowest BCUT2D eigenvalue weighted by atomic mass is 10.4. The molecule has 0 aliphatic rings. The molecule has 0 radical (unpaired) electrons. The fourth-order valence-corrected chi connectivity index (χ4v) is 1.90. The van der Waals surface area contributed by atoms with Crippen LogP contribution >= 0.6 is 0 Å². The van der Waals surface area contributed by atoms with Gasteiger partial charge in [0.15, 0.2) is 0 Å². The summed E-state index contributed by atoms with van der Waals surface area (Å²) in [4.78, 5) is 4.17. The van der Waals surface area contributed by atoms with Crippen molar-refractivity contribution in [1.29, 1.82) is 0 Å². The van der Waals surface area contributed by atoms with Gasteiger partial charge in [-0.15, -0.1) is 0 Å². The molecule has 0 aliphatic carbocycles. The standard InChI is InChI=1S/C9H16N4O2S/c1-13(2)16(14,15)8-3-4-9(12-7-8)11-6-5-10/h3-4,7H,5-6,10H2,1-2H3,(H,11,12). The molecule has 1 rings (SSSR count). The van der Waals surface area contributed by atoms with Crippen LogP contribution < -0.4 is 11.1 Å². The SMILES string of the molecule is CN(C)S(=O)(=O)c1ccc(NCCN)nc1. The molecule has 0 saturated carbocycles. The third-order valence-corrected chi connectivity index (χ3v) is 3.76. The van der Waals surface area contributed by atoms with Crippen LogP contribution in [0.3, 0.4) is 0 Å². The van der Waals surface area contributed by atoms with E-state index in [0.29, 0.717) is 18.9 Å². The van der Waals surface area contributed by atoms with Gasteiger partial charge in [0.1, 0.15) is 10.7 Å². The van der Waals surface area contributed by atoms with Crippen LogP contribution in [0.5, 0.6) is 0 Å². The van der Waals surface area contributed by atoms with E-state index in [1.807, 2.05) is 0 Å². The summed E-state index contributed by atoms with van der Waals surface area (Å²) in [6.07, 6.45) is 1.33. The van der Waals surface area contributed by atoms with Crippen LogP contribution in [0.2, 0.25) is 0 Å². The van der Waals surface area contributed by atoms with Crippen LogP contribution in [-0.2, 0) is 10.0 Å². The summed E-state index contributed by atoms with van der Waals surface area (Å²) in [5.74, 6) is 0.614. The van der Waals surface area contributed by atoms with Crippen molar-refractivity contribution >= 4 is 15.8 Å². The average Bonchev–Trinajstić information content (AvgIpc) is 2.26. The average molecular weight is 244 g/mol. The lowest BCUT2D eigenvalue weighted by Crippen LogP contribution is -2.22. The Morgan fingerprint density at radius 1 is 1.44 bits per heavy atom. The molecule has 1 aromatic rings. The van der Waals surface area contributed by atoms with E-state index < -0.39 is 10.0 Å². The Labute approximate surface area is 95.5 Å². The number of anilines is 1. The van der Waals surface area contributed by atoms with Gasteiger partial charge in [-0.05, 0) is 12.1 Å². The van der Waals surface area contributed by atoms with Gasteiger partial charge < -0.3 is 11.1 Å². The highest BCUT2D eigenvalue weighted by atomic mass is 32.2. The molecule has 7 heteroatoms. The molecular formula is C9H16N4O2S. The minimum Gasteiger partial charge on any atom is -0.369 e. The molecule has 3 N–H and O–H groups in total. The highest BCUT2D eigenvalue weighted by molar-refractivity contribution is 7.89. The van der Waals surface area contributed by atoms with E-state index in [-0.39, 0.29) is 4.90 Å². The summed E-state index contributed by atoms with van der Waals surface area (Å²) in [7, 11) is -0.432. The Morgan fingerprint density at radius 3 is 2.56 bits per heavy atom. The summed E-state index contributed by atoms with van der Waals surface area (Å²) < 4.78 is 24.6. The first-order chi connectivity index (χ1) is 7.48. The maximum Gasteiger partial charge on any atom is 0.244 e. The van der Waals surface area contributed by atoms with Crippen molar-refractivity contribution in [1.82, 2.24) is 9.29 Å². The fraction of sp³-hybridized carbons (Fsp3) is 0.444. The smallest absolute Gasteiger partial charge is 0.244 e. The topological polar surface area (TPSA) is 88.3 Å². The number of nitrogens with zero attached hydrogens (tertiary/aromatic N) is 2. The van der Waals surface area contributed by atoms with Crippen LogP contribution in [0.25, 0.3) is 0 Å². The van der Waals surface area contributed by atoms with Crippen molar-refractivity contribution in [2.45, 2.75) is 4.90 Å². The maximum atomic E-state index is 11.7. The predicted octanol–water partition coefficient (Wildman–Crippen LogP) is -0.297. The van der Waals surface area contributed by atoms with Crippen molar-refractivity contribution in [2.75, 3.05) is 32.5 Å². The van der Waals surface area contributed by atoms with E-state index in [1.165, 1.54) is 26.4 Å². The Balaban J connectivity index is 2.87. The molecule has 1 aromatic heterocycles. The summed E-state index contributed by atoms with van der Waals surface area (Å²) in [5, 5.41) is 2.96. The molecule has 90 valence electrons. The zero-order valence-electron chi connectivity index (χ0n) is 9.34. The van der Waals surface area contributed by atoms with E-state index >= 15 is 0 Å². The van der Waals surface area contributed by atoms with Gasteiger partial charge >= 0.3 is 0 Å². The molecule has 0 amide bonds. The normalized spacial score (nSPS) is 11.8. The lowest BCUT2D eigenvalue weighted by Gasteiger charge is -2.11. The van der Waals surface area contributed by atoms with E-state index in [2.05, 4.69) is 10.3 Å². The highest BCUT2D eigenvalue weighted by Crippen LogP contribution is 2.13. The highest BCUT2D eigenvalue weighted by Gasteiger charge is 2.16. The number of rotatable bonds is 5. The maximum absolute atomic E-state index is 11.7. The number of nitrogens with two attached hydrogens (primary N) is 1. The molecule has 0 saturated heterocycles. The first-order valence-corrected chi connectivity index (χ1v) is 6.25. The molecule has 0 unspecified atom stereocenters. The second kappa shape index (κ2) is 5.24. The molecule has 0 spiro atoms. The molecule has 0 atom stereocenters. The molecule has 1 heterocycles. The summed E-state index contributed by atoms with van der Waals surface area (Å²) in [5.41, 5.74) is 5.32. The largest absolute Gasteiger partial charge is 0.369 e. The molecule has 0 fully saturated rings. The van der Waals surface area contributed by atoms with Gasteiger partial charge in [-0.25, -0.2) is 17.7 Å². The lowest BCUT2D eigenvalue weighted by molar-refractivity contribution is 0.520. The summed E-state index contributed by atoms with van der Waals surface area (Å²) in [6, 6.07) is 3.13. The van der Waals surface area contributed by atoms with Gasteiger partial charge in [-0.2, -0.15) is 0 Å². The second-order valence-electron chi connectivity index (χ2n) is 3.38. The molecule has 0 bridgehead atoms. The van der Waals surface area contributed by atoms with Crippen LogP contribution in [0, 0.1) is 0 Å². The zero-order chi connectivity index (χ0) is 12.2. The molecule has 6 nitrogen and oxygen atoms in total. The number of hydrogen-bond acceptors (Lipinski definition) is 5. The van der Waals surface area contributed by atoms with E-state index in [9.17, 15) is 8.42 Å². The first kappa shape index (κ1) is 12.9. The number of sulfonamides is 1. The van der Waals surface area contributed by atoms with Crippen LogP contribution in [0.4, 0.5) is 5.82 Å². The van der Waals surface area contributed by atoms with Crippen molar-refractivity contribution in [2.24, 2.45) is 5.73 Å². The molecular weight excluding hydrogens is 228 g/mol. The van der Waals surface area contributed by atoms with Crippen LogP contribution in [-0.4, -0.2) is 44.9 Å². The zero-order valence-corrected chi connectivity index (χ0v) is 10.2. The number of nitrogens with one attached hydrogen (secondary N) is 1. The number of pyridine rings is 1. The van der Waals surface area contributed by atoms with E-state index in [0.717, 1.165) is 4.31 Å². The number of aromatic nitrogens is 1. The van der Waals surface area contributed by atoms with Gasteiger partial charge in [0.2, 0.25) is 10.0 Å². The quantitative estimate of drug-likeness (QED) is 0.742. The Morgan fingerprint density at radius 2 is 2.12 bits per heavy atom. The first-order valence-electron chi connectivity index (χ1n) is 4.81. The monoisotopic (exact) mass is 244 g/mol. The minimum atomic E-state index is -3.40. The van der Waals surface area contributed by atoms with Crippen molar-refractivity contribution in [3.63, 3.8) is 0 Å². The fourth-order valence-electron chi connectivity index (χ4n) is 1.05. The summed E-state index contributed by atoms with van der Waals surface area (Å²) >= 11 is 0. The minimum absolute atomic E-state index is 0.177. The van der Waals surface area contributed by atoms with Crippen molar-refractivity contribution in [3.8, 4) is 0 Å². The van der Waals surface area contributed by atoms with E-state index in [4.69, 9.17) is 5.73 Å². The summed E-state index contributed by atoms with van der Waals surface area (Å²) in [6.45, 7) is 1.10. The van der Waals surface area contributed by atoms with Crippen molar-refractivity contribution < 1.29 is 8.42 Å². The Kier molecular flexibility index (Phi) is 4.22.